The van der Waals surface area contributed by atoms with Crippen molar-refractivity contribution in [2.24, 2.45) is 5.92 Å². The van der Waals surface area contributed by atoms with Crippen LogP contribution in [-0.4, -0.2) is 42.3 Å². The summed E-state index contributed by atoms with van der Waals surface area (Å²) in [6.45, 7) is 7.50. The third-order valence-corrected chi connectivity index (χ3v) is 4.81. The number of piperidine rings is 1. The van der Waals surface area contributed by atoms with Gasteiger partial charge in [-0.1, -0.05) is 23.2 Å². The monoisotopic (exact) mass is 430 g/mol. The summed E-state index contributed by atoms with van der Waals surface area (Å²) < 4.78 is 10.6. The largest absolute Gasteiger partial charge is 0.445 e. The Morgan fingerprint density at radius 3 is 2.32 bits per heavy atom. The van der Waals surface area contributed by atoms with Crippen molar-refractivity contribution in [3.05, 3.63) is 33.8 Å². The molecule has 8 heteroatoms. The number of halogens is 2. The molecule has 0 radical (unpaired) electrons. The standard InChI is InChI=1S/C20H28Cl2N2O4/c1-20(2,3)28-18(25)23-7-4-14-5-8-24(9-6-14)19(26)27-13-15-10-16(21)12-17(22)11-15/h10-12,14H,4-9,13H2,1-3H3,(H,23,25). The Labute approximate surface area is 176 Å². The van der Waals surface area contributed by atoms with Crippen LogP contribution < -0.4 is 5.32 Å². The number of hydrogen-bond donors (Lipinski definition) is 1. The minimum absolute atomic E-state index is 0.138. The first kappa shape index (κ1) is 22.6. The van der Waals surface area contributed by atoms with Crippen LogP contribution in [0.5, 0.6) is 0 Å². The smallest absolute Gasteiger partial charge is 0.410 e. The minimum Gasteiger partial charge on any atom is -0.445 e. The predicted octanol–water partition coefficient (Wildman–Crippen LogP) is 5.26. The van der Waals surface area contributed by atoms with Gasteiger partial charge in [0.25, 0.3) is 0 Å². The molecule has 0 bridgehead atoms. The number of ether oxygens (including phenoxy) is 2. The van der Waals surface area contributed by atoms with E-state index in [9.17, 15) is 9.59 Å². The number of likely N-dealkylation sites (tertiary alicyclic amines) is 1. The lowest BCUT2D eigenvalue weighted by Crippen LogP contribution is -2.39. The van der Waals surface area contributed by atoms with E-state index in [1.165, 1.54) is 0 Å². The van der Waals surface area contributed by atoms with E-state index in [1.807, 2.05) is 20.8 Å². The van der Waals surface area contributed by atoms with Crippen LogP contribution in [0, 0.1) is 5.92 Å². The zero-order valence-corrected chi connectivity index (χ0v) is 18.1. The van der Waals surface area contributed by atoms with Gasteiger partial charge in [-0.3, -0.25) is 0 Å². The Hall–Kier alpha value is -1.66. The number of amides is 2. The second-order valence-corrected chi connectivity index (χ2v) is 8.85. The van der Waals surface area contributed by atoms with Crippen molar-refractivity contribution in [3.63, 3.8) is 0 Å². The van der Waals surface area contributed by atoms with E-state index in [0.717, 1.165) is 24.8 Å². The highest BCUT2D eigenvalue weighted by Crippen LogP contribution is 2.22. The highest BCUT2D eigenvalue weighted by molar-refractivity contribution is 6.34. The molecule has 0 saturated carbocycles. The van der Waals surface area contributed by atoms with Crippen molar-refractivity contribution in [2.45, 2.75) is 52.2 Å². The number of nitrogens with zero attached hydrogens (tertiary/aromatic N) is 1. The number of nitrogens with one attached hydrogen (secondary N) is 1. The summed E-state index contributed by atoms with van der Waals surface area (Å²) in [5.74, 6) is 0.464. The summed E-state index contributed by atoms with van der Waals surface area (Å²) in [6.07, 6.45) is 1.90. The van der Waals surface area contributed by atoms with Crippen molar-refractivity contribution in [3.8, 4) is 0 Å². The van der Waals surface area contributed by atoms with Crippen molar-refractivity contribution in [1.29, 1.82) is 0 Å². The number of rotatable bonds is 5. The maximum atomic E-state index is 12.2. The molecule has 0 aliphatic carbocycles. The van der Waals surface area contributed by atoms with Gasteiger partial charge >= 0.3 is 12.2 Å². The normalized spacial score (nSPS) is 15.2. The fraction of sp³-hybridized carbons (Fsp3) is 0.600. The minimum atomic E-state index is -0.494. The molecule has 1 aromatic rings. The van der Waals surface area contributed by atoms with Crippen LogP contribution in [0.4, 0.5) is 9.59 Å². The number of hydrogen-bond acceptors (Lipinski definition) is 4. The molecule has 1 N–H and O–H groups in total. The average molecular weight is 431 g/mol. The van der Waals surface area contributed by atoms with Gasteiger partial charge in [-0.25, -0.2) is 9.59 Å². The molecule has 0 spiro atoms. The Bertz CT molecular complexity index is 663. The zero-order valence-electron chi connectivity index (χ0n) is 16.6. The Kier molecular flexibility index (Phi) is 8.25. The number of carbonyl (C=O) groups excluding carboxylic acids is 2. The number of alkyl carbamates (subject to hydrolysis) is 1. The first-order chi connectivity index (χ1) is 13.1. The average Bonchev–Trinajstić information content (AvgIpc) is 2.58. The molecule has 1 fully saturated rings. The second kappa shape index (κ2) is 10.2. The van der Waals surface area contributed by atoms with Gasteiger partial charge < -0.3 is 19.7 Å². The maximum absolute atomic E-state index is 12.2. The molecule has 6 nitrogen and oxygen atoms in total. The van der Waals surface area contributed by atoms with Gasteiger partial charge in [-0.2, -0.15) is 0 Å². The molecule has 28 heavy (non-hydrogen) atoms. The number of carbonyl (C=O) groups is 2. The highest BCUT2D eigenvalue weighted by Gasteiger charge is 2.24. The number of benzene rings is 1. The van der Waals surface area contributed by atoms with E-state index in [0.29, 0.717) is 35.6 Å². The van der Waals surface area contributed by atoms with E-state index in [1.54, 1.807) is 23.1 Å². The quantitative estimate of drug-likeness (QED) is 0.691. The molecular weight excluding hydrogens is 403 g/mol. The SMILES string of the molecule is CC(C)(C)OC(=O)NCCC1CCN(C(=O)OCc2cc(Cl)cc(Cl)c2)CC1. The molecule has 0 atom stereocenters. The molecule has 0 unspecified atom stereocenters. The molecule has 1 aliphatic rings. The molecule has 1 aromatic carbocycles. The van der Waals surface area contributed by atoms with Gasteiger partial charge in [0.15, 0.2) is 0 Å². The summed E-state index contributed by atoms with van der Waals surface area (Å²) in [6, 6.07) is 5.09. The van der Waals surface area contributed by atoms with Crippen LogP contribution in [0.3, 0.4) is 0 Å². The lowest BCUT2D eigenvalue weighted by molar-refractivity contribution is 0.0522. The van der Waals surface area contributed by atoms with E-state index in [4.69, 9.17) is 32.7 Å². The van der Waals surface area contributed by atoms with Gasteiger partial charge in [0, 0.05) is 29.7 Å². The predicted molar refractivity (Wildman–Crippen MR) is 110 cm³/mol. The lowest BCUT2D eigenvalue weighted by Gasteiger charge is -2.31. The van der Waals surface area contributed by atoms with E-state index >= 15 is 0 Å². The zero-order chi connectivity index (χ0) is 20.7. The van der Waals surface area contributed by atoms with Gasteiger partial charge in [0.05, 0.1) is 0 Å². The lowest BCUT2D eigenvalue weighted by atomic mass is 9.94. The van der Waals surface area contributed by atoms with Crippen LogP contribution >= 0.6 is 23.2 Å². The van der Waals surface area contributed by atoms with Crippen LogP contribution in [0.25, 0.3) is 0 Å². The summed E-state index contributed by atoms with van der Waals surface area (Å²) in [5.41, 5.74) is 0.264. The van der Waals surface area contributed by atoms with Gasteiger partial charge in [-0.05, 0) is 69.7 Å². The second-order valence-electron chi connectivity index (χ2n) is 7.98. The van der Waals surface area contributed by atoms with Crippen LogP contribution in [0.15, 0.2) is 18.2 Å². The maximum Gasteiger partial charge on any atom is 0.410 e. The molecule has 1 saturated heterocycles. The first-order valence-corrected chi connectivity index (χ1v) is 10.2. The Balaban J connectivity index is 1.66. The highest BCUT2D eigenvalue weighted by atomic mass is 35.5. The van der Waals surface area contributed by atoms with E-state index in [-0.39, 0.29) is 12.7 Å². The molecule has 2 rings (SSSR count). The topological polar surface area (TPSA) is 67.9 Å². The van der Waals surface area contributed by atoms with Crippen LogP contribution in [0.1, 0.15) is 45.6 Å². The summed E-state index contributed by atoms with van der Waals surface area (Å²) in [7, 11) is 0. The van der Waals surface area contributed by atoms with E-state index < -0.39 is 11.7 Å². The molecule has 156 valence electrons. The Morgan fingerprint density at radius 2 is 1.75 bits per heavy atom. The fourth-order valence-electron chi connectivity index (χ4n) is 3.03. The van der Waals surface area contributed by atoms with Crippen LogP contribution in [-0.2, 0) is 16.1 Å². The van der Waals surface area contributed by atoms with Crippen LogP contribution in [0.2, 0.25) is 10.0 Å². The first-order valence-electron chi connectivity index (χ1n) is 9.46. The molecule has 1 heterocycles. The van der Waals surface area contributed by atoms with E-state index in [2.05, 4.69) is 5.32 Å². The van der Waals surface area contributed by atoms with Gasteiger partial charge in [0.1, 0.15) is 12.2 Å². The molecule has 2 amide bonds. The summed E-state index contributed by atoms with van der Waals surface area (Å²) >= 11 is 11.9. The van der Waals surface area contributed by atoms with Crippen molar-refractivity contribution >= 4 is 35.4 Å². The molecular formula is C20H28Cl2N2O4. The van der Waals surface area contributed by atoms with Gasteiger partial charge in [-0.15, -0.1) is 0 Å². The van der Waals surface area contributed by atoms with Crippen molar-refractivity contribution in [1.82, 2.24) is 10.2 Å². The third-order valence-electron chi connectivity index (χ3n) is 4.38. The Morgan fingerprint density at radius 1 is 1.14 bits per heavy atom. The summed E-state index contributed by atoms with van der Waals surface area (Å²) in [4.78, 5) is 25.6. The molecule has 0 aromatic heterocycles. The fourth-order valence-corrected chi connectivity index (χ4v) is 3.60. The van der Waals surface area contributed by atoms with Crippen molar-refractivity contribution < 1.29 is 19.1 Å². The summed E-state index contributed by atoms with van der Waals surface area (Å²) in [5, 5.41) is 3.81. The van der Waals surface area contributed by atoms with Crippen molar-refractivity contribution in [2.75, 3.05) is 19.6 Å². The third kappa shape index (κ3) is 8.15. The van der Waals surface area contributed by atoms with Gasteiger partial charge in [0.2, 0.25) is 0 Å². The molecule has 1 aliphatic heterocycles.